The highest BCUT2D eigenvalue weighted by molar-refractivity contribution is 6.22. The van der Waals surface area contributed by atoms with Crippen LogP contribution >= 0.6 is 0 Å². The van der Waals surface area contributed by atoms with Gasteiger partial charge in [-0.25, -0.2) is 9.97 Å². The first-order valence-electron chi connectivity index (χ1n) is 15.0. The molecule has 0 spiro atoms. The highest BCUT2D eigenvalue weighted by atomic mass is 16.5. The van der Waals surface area contributed by atoms with Crippen LogP contribution in [0.2, 0.25) is 0 Å². The molecule has 2 aromatic heterocycles. The molecule has 1 amide bonds. The normalized spacial score (nSPS) is 15.1. The average molecular weight is 599 g/mol. The van der Waals surface area contributed by atoms with E-state index in [2.05, 4.69) is 36.7 Å². The van der Waals surface area contributed by atoms with E-state index < -0.39 is 0 Å². The second-order valence-electron chi connectivity index (χ2n) is 12.6. The highest BCUT2D eigenvalue weighted by Crippen LogP contribution is 2.39. The first-order chi connectivity index (χ1) is 20.8. The Kier molecular flexibility index (Phi) is 8.51. The average Bonchev–Trinajstić information content (AvgIpc) is 3.32. The van der Waals surface area contributed by atoms with Gasteiger partial charge in [-0.05, 0) is 62.1 Å². The van der Waals surface area contributed by atoms with Crippen LogP contribution in [0, 0.1) is 6.92 Å². The Balaban J connectivity index is 1.70. The van der Waals surface area contributed by atoms with E-state index in [-0.39, 0.29) is 23.7 Å². The van der Waals surface area contributed by atoms with Gasteiger partial charge in [0.1, 0.15) is 17.2 Å². The second kappa shape index (κ2) is 12.0. The standard InChI is InChI=1S/C34H42N6O4/c1-19(35)29(20(2)42)26-17-27-25(18-28(26)44-7)30-31(36-21(3)37-32(30)38-27)22-14-23(16-24(15-22)34(4,5)6)33(43)40-10-8-39(9-11-40)12-13-41/h14-18,41H,8-13,35H2,1-7H3,(H,36,37,38). The third-order valence-corrected chi connectivity index (χ3v) is 8.29. The van der Waals surface area contributed by atoms with Crippen molar-refractivity contribution in [2.45, 2.75) is 47.0 Å². The van der Waals surface area contributed by atoms with Gasteiger partial charge in [-0.2, -0.15) is 0 Å². The van der Waals surface area contributed by atoms with Crippen LogP contribution in [-0.2, 0) is 10.2 Å². The van der Waals surface area contributed by atoms with Crippen molar-refractivity contribution in [1.82, 2.24) is 24.8 Å². The molecule has 44 heavy (non-hydrogen) atoms. The number of nitrogens with one attached hydrogen (secondary N) is 1. The Morgan fingerprint density at radius 2 is 1.75 bits per heavy atom. The van der Waals surface area contributed by atoms with Crippen molar-refractivity contribution in [1.29, 1.82) is 0 Å². The van der Waals surface area contributed by atoms with E-state index in [0.29, 0.717) is 64.9 Å². The van der Waals surface area contributed by atoms with E-state index in [0.717, 1.165) is 40.5 Å². The van der Waals surface area contributed by atoms with E-state index in [1.807, 2.05) is 36.1 Å². The topological polar surface area (TPSA) is 138 Å². The molecule has 0 unspecified atom stereocenters. The molecule has 0 bridgehead atoms. The molecular formula is C34H42N6O4. The van der Waals surface area contributed by atoms with Crippen molar-refractivity contribution in [3.63, 3.8) is 0 Å². The van der Waals surface area contributed by atoms with Gasteiger partial charge in [0, 0.05) is 71.6 Å². The summed E-state index contributed by atoms with van der Waals surface area (Å²) >= 11 is 0. The number of carbonyl (C=O) groups is 2. The third kappa shape index (κ3) is 5.92. The third-order valence-electron chi connectivity index (χ3n) is 8.29. The number of hydrogen-bond acceptors (Lipinski definition) is 8. The molecule has 0 aliphatic carbocycles. The Bertz CT molecular complexity index is 1790. The van der Waals surface area contributed by atoms with Gasteiger partial charge >= 0.3 is 0 Å². The molecule has 1 aliphatic heterocycles. The lowest BCUT2D eigenvalue weighted by Crippen LogP contribution is -2.49. The minimum Gasteiger partial charge on any atom is -0.496 e. The summed E-state index contributed by atoms with van der Waals surface area (Å²) < 4.78 is 5.76. The number of benzene rings is 2. The summed E-state index contributed by atoms with van der Waals surface area (Å²) in [7, 11) is 1.57. The predicted molar refractivity (Wildman–Crippen MR) is 174 cm³/mol. The summed E-state index contributed by atoms with van der Waals surface area (Å²) in [6.45, 7) is 14.8. The zero-order chi connectivity index (χ0) is 31.9. The maximum absolute atomic E-state index is 13.9. The molecule has 10 heteroatoms. The number of fused-ring (bicyclic) bond motifs is 3. The lowest BCUT2D eigenvalue weighted by atomic mass is 9.84. The lowest BCUT2D eigenvalue weighted by molar-refractivity contribution is -0.111. The first-order valence-corrected chi connectivity index (χ1v) is 15.0. The van der Waals surface area contributed by atoms with Crippen LogP contribution in [0.5, 0.6) is 5.75 Å². The van der Waals surface area contributed by atoms with Gasteiger partial charge in [-0.3, -0.25) is 14.5 Å². The molecule has 0 radical (unpaired) electrons. The molecule has 1 saturated heterocycles. The maximum atomic E-state index is 13.9. The van der Waals surface area contributed by atoms with Crippen molar-refractivity contribution >= 4 is 39.2 Å². The molecule has 2 aromatic carbocycles. The number of aliphatic hydroxyl groups excluding tert-OH is 1. The van der Waals surface area contributed by atoms with Gasteiger partial charge in [0.05, 0.1) is 24.8 Å². The minimum absolute atomic E-state index is 0.0195. The smallest absolute Gasteiger partial charge is 0.253 e. The molecule has 1 aliphatic rings. The summed E-state index contributed by atoms with van der Waals surface area (Å²) in [4.78, 5) is 43.5. The molecule has 0 saturated carbocycles. The van der Waals surface area contributed by atoms with Crippen molar-refractivity contribution < 1.29 is 19.4 Å². The number of aliphatic hydroxyl groups is 1. The van der Waals surface area contributed by atoms with E-state index in [1.165, 1.54) is 6.92 Å². The minimum atomic E-state index is -0.222. The zero-order valence-corrected chi connectivity index (χ0v) is 26.7. The highest BCUT2D eigenvalue weighted by Gasteiger charge is 2.26. The van der Waals surface area contributed by atoms with E-state index in [4.69, 9.17) is 20.4 Å². The van der Waals surface area contributed by atoms with Gasteiger partial charge in [-0.1, -0.05) is 20.8 Å². The Morgan fingerprint density at radius 3 is 2.34 bits per heavy atom. The molecule has 5 rings (SSSR count). The fourth-order valence-corrected chi connectivity index (χ4v) is 6.01. The number of Topliss-reactive ketones (excluding diaryl/α,β-unsaturated/α-hetero) is 1. The van der Waals surface area contributed by atoms with Gasteiger partial charge < -0.3 is 25.5 Å². The number of rotatable bonds is 7. The van der Waals surface area contributed by atoms with Gasteiger partial charge in [0.15, 0.2) is 5.78 Å². The van der Waals surface area contributed by atoms with Crippen LogP contribution in [0.1, 0.15) is 61.9 Å². The Morgan fingerprint density at radius 1 is 1.05 bits per heavy atom. The number of ketones is 1. The summed E-state index contributed by atoms with van der Waals surface area (Å²) in [5.74, 6) is 0.928. The molecule has 4 aromatic rings. The zero-order valence-electron chi connectivity index (χ0n) is 26.7. The number of nitrogens with two attached hydrogens (primary N) is 1. The Hall–Kier alpha value is -4.28. The van der Waals surface area contributed by atoms with Crippen LogP contribution in [0.15, 0.2) is 36.0 Å². The van der Waals surface area contributed by atoms with Crippen molar-refractivity contribution in [2.24, 2.45) is 5.73 Å². The summed E-state index contributed by atoms with van der Waals surface area (Å²) in [5.41, 5.74) is 11.9. The Labute approximate surface area is 257 Å². The largest absolute Gasteiger partial charge is 0.496 e. The maximum Gasteiger partial charge on any atom is 0.253 e. The fraction of sp³-hybridized carbons (Fsp3) is 0.412. The van der Waals surface area contributed by atoms with Gasteiger partial charge in [-0.15, -0.1) is 0 Å². The number of amides is 1. The number of allylic oxidation sites excluding steroid dienone is 2. The number of ether oxygens (including phenoxy) is 1. The number of methoxy groups -OCH3 is 1. The molecule has 4 N–H and O–H groups in total. The number of aryl methyl sites for hydroxylation is 1. The lowest BCUT2D eigenvalue weighted by Gasteiger charge is -2.34. The van der Waals surface area contributed by atoms with E-state index in [1.54, 1.807) is 14.0 Å². The number of piperazine rings is 1. The van der Waals surface area contributed by atoms with Crippen molar-refractivity contribution in [3.8, 4) is 17.0 Å². The number of aromatic nitrogens is 3. The number of aromatic amines is 1. The summed E-state index contributed by atoms with van der Waals surface area (Å²) in [6.07, 6.45) is 0. The van der Waals surface area contributed by atoms with Gasteiger partial charge in [0.2, 0.25) is 0 Å². The van der Waals surface area contributed by atoms with Crippen LogP contribution in [0.25, 0.3) is 38.8 Å². The SMILES string of the molecule is COc1cc2c(cc1C(C(C)=O)=C(C)N)[nH]c1nc(C)nc(-c3cc(C(=O)N4CCN(CCO)CC4)cc(C(C)(C)C)c3)c12. The van der Waals surface area contributed by atoms with Crippen LogP contribution in [-0.4, -0.2) is 88.0 Å². The fourth-order valence-electron chi connectivity index (χ4n) is 6.01. The van der Waals surface area contributed by atoms with Crippen molar-refractivity contribution in [3.05, 3.63) is 58.5 Å². The number of β-amino-alcohol motifs (C(OH)–C–C–N with tert-alkyl or cyclic N) is 1. The monoisotopic (exact) mass is 598 g/mol. The molecular weight excluding hydrogens is 556 g/mol. The van der Waals surface area contributed by atoms with Gasteiger partial charge in [0.25, 0.3) is 5.91 Å². The number of nitrogens with zero attached hydrogens (tertiary/aromatic N) is 4. The number of carbonyl (C=O) groups excluding carboxylic acids is 2. The summed E-state index contributed by atoms with van der Waals surface area (Å²) in [6, 6.07) is 9.79. The number of hydrogen-bond donors (Lipinski definition) is 3. The molecule has 10 nitrogen and oxygen atoms in total. The van der Waals surface area contributed by atoms with Crippen LogP contribution < -0.4 is 10.5 Å². The van der Waals surface area contributed by atoms with Crippen LogP contribution in [0.3, 0.4) is 0 Å². The van der Waals surface area contributed by atoms with E-state index in [9.17, 15) is 14.7 Å². The summed E-state index contributed by atoms with van der Waals surface area (Å²) in [5, 5.41) is 10.9. The van der Waals surface area contributed by atoms with Crippen molar-refractivity contribution in [2.75, 3.05) is 46.4 Å². The predicted octanol–water partition coefficient (Wildman–Crippen LogP) is 4.42. The number of H-pyrrole nitrogens is 1. The first kappa shape index (κ1) is 31.2. The molecule has 3 heterocycles. The van der Waals surface area contributed by atoms with E-state index >= 15 is 0 Å². The quantitative estimate of drug-likeness (QED) is 0.266. The second-order valence-corrected chi connectivity index (χ2v) is 12.6. The van der Waals surface area contributed by atoms with Crippen LogP contribution in [0.4, 0.5) is 0 Å². The molecule has 232 valence electrons. The molecule has 1 fully saturated rings. The molecule has 0 atom stereocenters.